The number of likely N-dealkylation sites (N-methyl/N-ethyl adjacent to an activating group) is 1. The molecule has 230 valence electrons. The van der Waals surface area contributed by atoms with Crippen molar-refractivity contribution in [3.05, 3.63) is 29.8 Å². The normalized spacial score (nSPS) is 23.4. The van der Waals surface area contributed by atoms with Gasteiger partial charge >= 0.3 is 0 Å². The number of nitrogens with zero attached hydrogens (tertiary/aromatic N) is 3. The maximum atomic E-state index is 12.4. The number of rotatable bonds is 8. The largest absolute Gasteiger partial charge is 0.371 e. The first-order valence-electron chi connectivity index (χ1n) is 16.0. The second-order valence-electron chi connectivity index (χ2n) is 12.8. The molecule has 4 N–H and O–H groups in total. The highest BCUT2D eigenvalue weighted by atomic mass is 32.1. The van der Waals surface area contributed by atoms with Gasteiger partial charge in [0, 0.05) is 57.9 Å². The highest BCUT2D eigenvalue weighted by molar-refractivity contribution is 7.77. The minimum absolute atomic E-state index is 0.0143. The second kappa shape index (κ2) is 16.3. The van der Waals surface area contributed by atoms with E-state index in [2.05, 4.69) is 55.8 Å². The van der Waals surface area contributed by atoms with E-state index in [1.165, 1.54) is 63.8 Å². The lowest BCUT2D eigenvalue weighted by Crippen LogP contribution is -2.48. The molecule has 4 fully saturated rings. The first-order chi connectivity index (χ1) is 19.9. The van der Waals surface area contributed by atoms with Crippen LogP contribution in [0.15, 0.2) is 24.3 Å². The van der Waals surface area contributed by atoms with Crippen LogP contribution < -0.4 is 21.3 Å². The summed E-state index contributed by atoms with van der Waals surface area (Å²) in [6, 6.07) is 8.89. The molecule has 9 heteroatoms. The molecule has 1 unspecified atom stereocenters. The first kappa shape index (κ1) is 32.3. The number of carbonyl (C=O) groups is 2. The van der Waals surface area contributed by atoms with E-state index in [4.69, 9.17) is 5.73 Å². The Bertz CT molecular complexity index is 932. The van der Waals surface area contributed by atoms with E-state index >= 15 is 0 Å². The molecule has 5 rings (SSSR count). The zero-order valence-electron chi connectivity index (χ0n) is 25.2. The number of aldehydes is 1. The zero-order valence-corrected chi connectivity index (χ0v) is 26.1. The second-order valence-corrected chi connectivity index (χ2v) is 13.3. The molecule has 1 aromatic carbocycles. The van der Waals surface area contributed by atoms with Gasteiger partial charge in [-0.05, 0) is 113 Å². The Morgan fingerprint density at radius 1 is 1.07 bits per heavy atom. The Balaban J connectivity index is 0.000000483. The molecule has 0 aliphatic carbocycles. The predicted octanol–water partition coefficient (Wildman–Crippen LogP) is 3.43. The minimum Gasteiger partial charge on any atom is -0.371 e. The van der Waals surface area contributed by atoms with E-state index in [9.17, 15) is 9.59 Å². The number of nitrogens with two attached hydrogens (primary N) is 1. The maximum Gasteiger partial charge on any atom is 0.227 e. The van der Waals surface area contributed by atoms with Crippen molar-refractivity contribution in [1.82, 2.24) is 19.8 Å². The van der Waals surface area contributed by atoms with E-state index in [0.717, 1.165) is 69.9 Å². The molecule has 1 amide bonds. The van der Waals surface area contributed by atoms with Gasteiger partial charge in [0.2, 0.25) is 5.91 Å². The van der Waals surface area contributed by atoms with Crippen LogP contribution in [0, 0.1) is 11.3 Å². The number of benzene rings is 1. The Morgan fingerprint density at radius 3 is 2.32 bits per heavy atom. The molecule has 41 heavy (non-hydrogen) atoms. The summed E-state index contributed by atoms with van der Waals surface area (Å²) in [5, 5.41) is 6.00. The summed E-state index contributed by atoms with van der Waals surface area (Å²) in [7, 11) is 1.67. The lowest BCUT2D eigenvalue weighted by Gasteiger charge is -2.48. The van der Waals surface area contributed by atoms with Crippen LogP contribution in [-0.2, 0) is 9.59 Å². The number of anilines is 1. The maximum absolute atomic E-state index is 12.4. The fraction of sp³-hybridized carbons (Fsp3) is 0.750. The average Bonchev–Trinajstić information content (AvgIpc) is 3.01. The number of thiol groups is 1. The van der Waals surface area contributed by atoms with Crippen molar-refractivity contribution in [3.63, 3.8) is 0 Å². The molecule has 0 bridgehead atoms. The Labute approximate surface area is 253 Å². The summed E-state index contributed by atoms with van der Waals surface area (Å²) in [6.45, 7) is 10.4. The van der Waals surface area contributed by atoms with Crippen LogP contribution in [0.5, 0.6) is 0 Å². The van der Waals surface area contributed by atoms with Gasteiger partial charge in [0.15, 0.2) is 0 Å². The van der Waals surface area contributed by atoms with Crippen LogP contribution in [0.4, 0.5) is 5.69 Å². The van der Waals surface area contributed by atoms with Gasteiger partial charge in [0.05, 0.1) is 5.92 Å². The lowest BCUT2D eigenvalue weighted by atomic mass is 9.71. The predicted molar refractivity (Wildman–Crippen MR) is 171 cm³/mol. The quantitative estimate of drug-likeness (QED) is 0.274. The van der Waals surface area contributed by atoms with Gasteiger partial charge in [-0.25, -0.2) is 0 Å². The molecule has 1 spiro atoms. The van der Waals surface area contributed by atoms with E-state index in [1.54, 1.807) is 7.05 Å². The third kappa shape index (κ3) is 9.68. The summed E-state index contributed by atoms with van der Waals surface area (Å²) in [5.41, 5.74) is 8.32. The molecule has 0 aromatic heterocycles. The smallest absolute Gasteiger partial charge is 0.227 e. The molecular weight excluding hydrogens is 532 g/mol. The van der Waals surface area contributed by atoms with E-state index in [-0.39, 0.29) is 11.8 Å². The SMILES string of the molecule is CNC(=O)C(CCC=O)c1cccc(N2CCC3(CCN(CC4CCN(S)CC4)CC3)CC2)c1.NC1CCNCC1. The standard InChI is InChI=1S/C27H42N4O2S.C5H12N2/c1-28-26(33)25(6-3-19-32)23-4-2-5-24(20-23)30-17-11-27(12-18-30)9-15-29(16-10-27)21-22-7-13-31(34)14-8-22;6-5-1-3-7-4-2-5/h2,4-5,19-20,22,25,34H,3,6-18,21H2,1H3,(H,28,33);5,7H,1-4,6H2. The van der Waals surface area contributed by atoms with Crippen molar-refractivity contribution in [2.75, 3.05) is 70.9 Å². The van der Waals surface area contributed by atoms with Crippen molar-refractivity contribution >= 4 is 30.7 Å². The molecule has 8 nitrogen and oxygen atoms in total. The van der Waals surface area contributed by atoms with Crippen molar-refractivity contribution in [3.8, 4) is 0 Å². The van der Waals surface area contributed by atoms with Crippen molar-refractivity contribution in [1.29, 1.82) is 0 Å². The van der Waals surface area contributed by atoms with Crippen molar-refractivity contribution in [2.24, 2.45) is 17.1 Å². The Hall–Kier alpha value is -1.65. The third-order valence-corrected chi connectivity index (χ3v) is 10.4. The van der Waals surface area contributed by atoms with Gasteiger partial charge in [-0.15, -0.1) is 0 Å². The molecule has 4 heterocycles. The number of nitrogens with one attached hydrogen (secondary N) is 2. The fourth-order valence-electron chi connectivity index (χ4n) is 7.06. The van der Waals surface area contributed by atoms with E-state index in [0.29, 0.717) is 24.3 Å². The van der Waals surface area contributed by atoms with Crippen LogP contribution >= 0.6 is 12.8 Å². The van der Waals surface area contributed by atoms with Crippen LogP contribution in [0.3, 0.4) is 0 Å². The van der Waals surface area contributed by atoms with Crippen molar-refractivity contribution in [2.45, 2.75) is 76.2 Å². The summed E-state index contributed by atoms with van der Waals surface area (Å²) < 4.78 is 2.16. The average molecular weight is 587 g/mol. The highest BCUT2D eigenvalue weighted by Crippen LogP contribution is 2.42. The number of hydrogen-bond donors (Lipinski definition) is 4. The summed E-state index contributed by atoms with van der Waals surface area (Å²) >= 11 is 4.49. The van der Waals surface area contributed by atoms with Crippen molar-refractivity contribution < 1.29 is 9.59 Å². The first-order valence-corrected chi connectivity index (χ1v) is 16.4. The topological polar surface area (TPSA) is 93.9 Å². The van der Waals surface area contributed by atoms with E-state index < -0.39 is 0 Å². The van der Waals surface area contributed by atoms with Crippen LogP contribution in [0.25, 0.3) is 0 Å². The van der Waals surface area contributed by atoms with E-state index in [1.807, 2.05) is 6.07 Å². The number of piperidine rings is 4. The fourth-order valence-corrected chi connectivity index (χ4v) is 7.29. The summed E-state index contributed by atoms with van der Waals surface area (Å²) in [6.07, 6.45) is 11.9. The molecule has 4 aliphatic heterocycles. The lowest BCUT2D eigenvalue weighted by molar-refractivity contribution is -0.122. The van der Waals surface area contributed by atoms with Gasteiger partial charge in [0.1, 0.15) is 6.29 Å². The number of likely N-dealkylation sites (tertiary alicyclic amines) is 1. The Kier molecular flexibility index (Phi) is 12.8. The number of carbonyl (C=O) groups excluding carboxylic acids is 2. The third-order valence-electron chi connectivity index (χ3n) is 10.0. The monoisotopic (exact) mass is 586 g/mol. The van der Waals surface area contributed by atoms with Gasteiger partial charge < -0.3 is 31.0 Å². The molecular formula is C32H54N6O2S. The van der Waals surface area contributed by atoms with Crippen LogP contribution in [0.2, 0.25) is 0 Å². The molecule has 1 aromatic rings. The molecule has 4 aliphatic rings. The minimum atomic E-state index is -0.268. The number of hydrogen-bond acceptors (Lipinski definition) is 8. The summed E-state index contributed by atoms with van der Waals surface area (Å²) in [5.74, 6) is 0.562. The molecule has 0 radical (unpaired) electrons. The van der Waals surface area contributed by atoms with Crippen LogP contribution in [0.1, 0.15) is 75.7 Å². The number of amides is 1. The van der Waals surface area contributed by atoms with Crippen LogP contribution in [-0.4, -0.2) is 93.4 Å². The molecule has 0 saturated carbocycles. The zero-order chi connectivity index (χ0) is 29.1. The molecule has 4 saturated heterocycles. The van der Waals surface area contributed by atoms with Gasteiger partial charge in [-0.2, -0.15) is 0 Å². The summed E-state index contributed by atoms with van der Waals surface area (Å²) in [4.78, 5) is 28.5. The van der Waals surface area contributed by atoms with Gasteiger partial charge in [-0.1, -0.05) is 24.9 Å². The highest BCUT2D eigenvalue weighted by Gasteiger charge is 2.38. The Morgan fingerprint density at radius 2 is 1.73 bits per heavy atom. The van der Waals surface area contributed by atoms with Gasteiger partial charge in [-0.3, -0.25) is 9.10 Å². The molecule has 1 atom stereocenters. The van der Waals surface area contributed by atoms with Gasteiger partial charge in [0.25, 0.3) is 0 Å².